The first-order chi connectivity index (χ1) is 13.8. The Morgan fingerprint density at radius 2 is 1.72 bits per heavy atom. The summed E-state index contributed by atoms with van der Waals surface area (Å²) in [5, 5.41) is 15.8. The number of nitrogens with one attached hydrogen (secondary N) is 2. The fourth-order valence-corrected chi connectivity index (χ4v) is 3.11. The Balaban J connectivity index is 1.73. The summed E-state index contributed by atoms with van der Waals surface area (Å²) in [4.78, 5) is 48.5. The second-order valence-corrected chi connectivity index (χ2v) is 6.81. The Labute approximate surface area is 166 Å². The van der Waals surface area contributed by atoms with Gasteiger partial charge in [-0.25, -0.2) is 0 Å². The molecule has 1 saturated heterocycles. The molecular weight excluding hydrogens is 376 g/mol. The highest BCUT2D eigenvalue weighted by Gasteiger charge is 2.24. The first-order valence-corrected chi connectivity index (χ1v) is 9.04. The lowest BCUT2D eigenvalue weighted by Crippen LogP contribution is -2.29. The number of amides is 3. The smallest absolute Gasteiger partial charge is 0.314 e. The molecule has 0 aliphatic carbocycles. The van der Waals surface area contributed by atoms with Crippen molar-refractivity contribution in [2.24, 2.45) is 0 Å². The average Bonchev–Trinajstić information content (AvgIpc) is 3.10. The number of aryl methyl sites for hydroxylation is 2. The van der Waals surface area contributed by atoms with Gasteiger partial charge in [-0.05, 0) is 43.5 Å². The van der Waals surface area contributed by atoms with E-state index in [1.165, 1.54) is 18.2 Å². The van der Waals surface area contributed by atoms with Crippen LogP contribution < -0.4 is 15.5 Å². The summed E-state index contributed by atoms with van der Waals surface area (Å²) in [6, 6.07) is 9.07. The number of rotatable bonds is 4. The quantitative estimate of drug-likeness (QED) is 0.467. The van der Waals surface area contributed by atoms with Crippen molar-refractivity contribution in [3.63, 3.8) is 0 Å². The molecule has 0 saturated carbocycles. The van der Waals surface area contributed by atoms with Crippen molar-refractivity contribution in [1.29, 1.82) is 0 Å². The topological polar surface area (TPSA) is 122 Å². The molecule has 0 atom stereocenters. The van der Waals surface area contributed by atoms with Crippen LogP contribution in [-0.2, 0) is 14.4 Å². The van der Waals surface area contributed by atoms with E-state index in [1.54, 1.807) is 30.0 Å². The third-order valence-electron chi connectivity index (χ3n) is 4.72. The SMILES string of the molecule is Cc1ccc([N+](=O)[O-])cc1NC(=O)C(=O)Nc1ccc(C)c(N2CCCC2=O)c1. The van der Waals surface area contributed by atoms with Crippen molar-refractivity contribution in [1.82, 2.24) is 0 Å². The largest absolute Gasteiger partial charge is 0.318 e. The number of carbonyl (C=O) groups is 3. The summed E-state index contributed by atoms with van der Waals surface area (Å²) in [7, 11) is 0. The van der Waals surface area contributed by atoms with E-state index in [-0.39, 0.29) is 17.3 Å². The van der Waals surface area contributed by atoms with Crippen LogP contribution in [0.4, 0.5) is 22.7 Å². The normalized spacial score (nSPS) is 13.3. The van der Waals surface area contributed by atoms with Gasteiger partial charge in [0.25, 0.3) is 5.69 Å². The van der Waals surface area contributed by atoms with Gasteiger partial charge in [0, 0.05) is 36.5 Å². The van der Waals surface area contributed by atoms with Gasteiger partial charge in [-0.1, -0.05) is 12.1 Å². The number of nitro groups is 1. The summed E-state index contributed by atoms with van der Waals surface area (Å²) in [5.74, 6) is -1.85. The van der Waals surface area contributed by atoms with Crippen LogP contribution in [0.2, 0.25) is 0 Å². The third-order valence-corrected chi connectivity index (χ3v) is 4.72. The standard InChI is InChI=1S/C20H20N4O5/c1-12-6-8-15(24(28)29)11-16(12)22-20(27)19(26)21-14-7-5-13(2)17(10-14)23-9-3-4-18(23)25/h5-8,10-11H,3-4,9H2,1-2H3,(H,21,26)(H,22,27). The van der Waals surface area contributed by atoms with Crippen molar-refractivity contribution in [2.45, 2.75) is 26.7 Å². The molecule has 9 nitrogen and oxygen atoms in total. The highest BCUT2D eigenvalue weighted by Crippen LogP contribution is 2.28. The number of nitrogens with zero attached hydrogens (tertiary/aromatic N) is 2. The highest BCUT2D eigenvalue weighted by atomic mass is 16.6. The monoisotopic (exact) mass is 396 g/mol. The summed E-state index contributed by atoms with van der Waals surface area (Å²) in [6.45, 7) is 4.14. The Morgan fingerprint density at radius 1 is 1.03 bits per heavy atom. The Morgan fingerprint density at radius 3 is 2.38 bits per heavy atom. The maximum absolute atomic E-state index is 12.3. The van der Waals surface area contributed by atoms with Crippen molar-refractivity contribution < 1.29 is 19.3 Å². The van der Waals surface area contributed by atoms with E-state index >= 15 is 0 Å². The Bertz CT molecular complexity index is 1020. The molecule has 1 aliphatic heterocycles. The zero-order chi connectivity index (χ0) is 21.1. The molecule has 9 heteroatoms. The van der Waals surface area contributed by atoms with Crippen LogP contribution in [0, 0.1) is 24.0 Å². The van der Waals surface area contributed by atoms with E-state index in [1.807, 2.05) is 6.92 Å². The molecule has 3 amide bonds. The van der Waals surface area contributed by atoms with Crippen LogP contribution in [-0.4, -0.2) is 29.2 Å². The van der Waals surface area contributed by atoms with E-state index in [0.717, 1.165) is 12.0 Å². The molecule has 150 valence electrons. The fraction of sp³-hybridized carbons (Fsp3) is 0.250. The second-order valence-electron chi connectivity index (χ2n) is 6.81. The number of non-ortho nitro benzene ring substituents is 1. The van der Waals surface area contributed by atoms with Crippen LogP contribution in [0.1, 0.15) is 24.0 Å². The fourth-order valence-electron chi connectivity index (χ4n) is 3.11. The maximum Gasteiger partial charge on any atom is 0.314 e. The van der Waals surface area contributed by atoms with Gasteiger partial charge in [-0.3, -0.25) is 24.5 Å². The lowest BCUT2D eigenvalue weighted by Gasteiger charge is -2.19. The Kier molecular flexibility index (Phi) is 5.58. The molecule has 1 aliphatic rings. The summed E-state index contributed by atoms with van der Waals surface area (Å²) < 4.78 is 0. The molecule has 2 aromatic rings. The first-order valence-electron chi connectivity index (χ1n) is 9.04. The molecule has 1 heterocycles. The van der Waals surface area contributed by atoms with E-state index in [2.05, 4.69) is 10.6 Å². The van der Waals surface area contributed by atoms with Crippen LogP contribution in [0.25, 0.3) is 0 Å². The van der Waals surface area contributed by atoms with Gasteiger partial charge in [-0.15, -0.1) is 0 Å². The molecule has 1 fully saturated rings. The minimum atomic E-state index is -0.951. The predicted octanol–water partition coefficient (Wildman–Crippen LogP) is 2.92. The lowest BCUT2D eigenvalue weighted by molar-refractivity contribution is -0.384. The van der Waals surface area contributed by atoms with Crippen molar-refractivity contribution >= 4 is 40.5 Å². The number of hydrogen-bond donors (Lipinski definition) is 2. The van der Waals surface area contributed by atoms with Crippen molar-refractivity contribution in [3.05, 3.63) is 57.6 Å². The van der Waals surface area contributed by atoms with Crippen molar-refractivity contribution in [2.75, 3.05) is 22.1 Å². The summed E-state index contributed by atoms with van der Waals surface area (Å²) in [5.41, 5.74) is 2.54. The molecule has 29 heavy (non-hydrogen) atoms. The van der Waals surface area contributed by atoms with Crippen LogP contribution in [0.3, 0.4) is 0 Å². The first kappa shape index (κ1) is 20.0. The number of anilines is 3. The van der Waals surface area contributed by atoms with Gasteiger partial charge in [0.2, 0.25) is 5.91 Å². The summed E-state index contributed by atoms with van der Waals surface area (Å²) >= 11 is 0. The molecule has 2 N–H and O–H groups in total. The third kappa shape index (κ3) is 4.40. The van der Waals surface area contributed by atoms with Gasteiger partial charge >= 0.3 is 11.8 Å². The average molecular weight is 396 g/mol. The zero-order valence-corrected chi connectivity index (χ0v) is 16.0. The molecule has 0 radical (unpaired) electrons. The maximum atomic E-state index is 12.3. The number of benzene rings is 2. The van der Waals surface area contributed by atoms with Gasteiger partial charge in [0.15, 0.2) is 0 Å². The van der Waals surface area contributed by atoms with Gasteiger partial charge in [0.05, 0.1) is 10.6 Å². The number of hydrogen-bond acceptors (Lipinski definition) is 5. The predicted molar refractivity (Wildman–Crippen MR) is 108 cm³/mol. The van der Waals surface area contributed by atoms with E-state index < -0.39 is 16.7 Å². The Hall–Kier alpha value is -3.75. The number of carbonyl (C=O) groups excluding carboxylic acids is 3. The lowest BCUT2D eigenvalue weighted by atomic mass is 10.1. The second kappa shape index (κ2) is 8.09. The minimum Gasteiger partial charge on any atom is -0.318 e. The van der Waals surface area contributed by atoms with Crippen LogP contribution in [0.15, 0.2) is 36.4 Å². The molecule has 0 aromatic heterocycles. The summed E-state index contributed by atoms with van der Waals surface area (Å²) in [6.07, 6.45) is 1.26. The van der Waals surface area contributed by atoms with Crippen LogP contribution in [0.5, 0.6) is 0 Å². The van der Waals surface area contributed by atoms with Gasteiger partial charge in [-0.2, -0.15) is 0 Å². The molecule has 0 bridgehead atoms. The van der Waals surface area contributed by atoms with Crippen LogP contribution >= 0.6 is 0 Å². The molecule has 2 aromatic carbocycles. The minimum absolute atomic E-state index is 0.0236. The van der Waals surface area contributed by atoms with Gasteiger partial charge < -0.3 is 15.5 Å². The van der Waals surface area contributed by atoms with E-state index in [4.69, 9.17) is 0 Å². The van der Waals surface area contributed by atoms with Crippen molar-refractivity contribution in [3.8, 4) is 0 Å². The zero-order valence-electron chi connectivity index (χ0n) is 16.0. The molecule has 0 unspecified atom stereocenters. The molecule has 3 rings (SSSR count). The van der Waals surface area contributed by atoms with Gasteiger partial charge in [0.1, 0.15) is 0 Å². The number of nitro benzene ring substituents is 1. The molecule has 0 spiro atoms. The molecular formula is C20H20N4O5. The highest BCUT2D eigenvalue weighted by molar-refractivity contribution is 6.43. The van der Waals surface area contributed by atoms with E-state index in [9.17, 15) is 24.5 Å². The van der Waals surface area contributed by atoms with E-state index in [0.29, 0.717) is 29.9 Å².